The Kier molecular flexibility index (Phi) is 3.43. The topological polar surface area (TPSA) is 84.1 Å². The summed E-state index contributed by atoms with van der Waals surface area (Å²) in [5.74, 6) is 0.782. The van der Waals surface area contributed by atoms with Crippen LogP contribution in [0.3, 0.4) is 0 Å². The van der Waals surface area contributed by atoms with Gasteiger partial charge in [-0.05, 0) is 6.92 Å². The Balaban J connectivity index is 2.81. The van der Waals surface area contributed by atoms with Crippen molar-refractivity contribution in [3.8, 4) is 0 Å². The number of nitrogens with two attached hydrogens (primary N) is 1. The van der Waals surface area contributed by atoms with Gasteiger partial charge in [0.1, 0.15) is 5.82 Å². The van der Waals surface area contributed by atoms with E-state index in [1.165, 1.54) is 0 Å². The number of likely N-dealkylation sites (N-methyl/N-ethyl adjacent to an activating group) is 2. The molecule has 0 fully saturated rings. The molecule has 1 heterocycles. The number of aryl methyl sites for hydroxylation is 1. The van der Waals surface area contributed by atoms with E-state index in [0.29, 0.717) is 5.82 Å². The van der Waals surface area contributed by atoms with Crippen LogP contribution >= 0.6 is 0 Å². The van der Waals surface area contributed by atoms with Gasteiger partial charge in [-0.1, -0.05) is 0 Å². The Morgan fingerprint density at radius 2 is 2.27 bits per heavy atom. The number of nitrogens with one attached hydrogen (secondary N) is 1. The summed E-state index contributed by atoms with van der Waals surface area (Å²) in [6.07, 6.45) is 0. The number of nitrogen functional groups attached to an aromatic ring is 1. The van der Waals surface area contributed by atoms with Gasteiger partial charge in [0.15, 0.2) is 0 Å². The molecule has 6 heteroatoms. The summed E-state index contributed by atoms with van der Waals surface area (Å²) in [4.78, 5) is 20.8. The molecular formula is C9H15N5O. The van der Waals surface area contributed by atoms with E-state index in [9.17, 15) is 4.79 Å². The van der Waals surface area contributed by atoms with Crippen molar-refractivity contribution in [2.24, 2.45) is 0 Å². The molecule has 15 heavy (non-hydrogen) atoms. The number of hydrogen-bond acceptors (Lipinski definition) is 5. The second-order valence-corrected chi connectivity index (χ2v) is 3.25. The van der Waals surface area contributed by atoms with Crippen LogP contribution in [0.1, 0.15) is 5.69 Å². The van der Waals surface area contributed by atoms with Crippen LogP contribution in [0.4, 0.5) is 11.8 Å². The fraction of sp³-hybridized carbons (Fsp3) is 0.444. The highest BCUT2D eigenvalue weighted by Gasteiger charge is 2.08. The van der Waals surface area contributed by atoms with E-state index in [1.54, 1.807) is 25.1 Å². The van der Waals surface area contributed by atoms with Crippen molar-refractivity contribution in [1.82, 2.24) is 15.3 Å². The first-order chi connectivity index (χ1) is 7.02. The van der Waals surface area contributed by atoms with E-state index >= 15 is 0 Å². The molecule has 1 aromatic rings. The van der Waals surface area contributed by atoms with E-state index in [-0.39, 0.29) is 18.4 Å². The fourth-order valence-corrected chi connectivity index (χ4v) is 1.15. The molecule has 1 amide bonds. The maximum absolute atomic E-state index is 11.1. The summed E-state index contributed by atoms with van der Waals surface area (Å²) in [5.41, 5.74) is 6.29. The lowest BCUT2D eigenvalue weighted by atomic mass is 10.4. The molecule has 3 N–H and O–H groups in total. The Bertz CT molecular complexity index is 345. The molecule has 0 bridgehead atoms. The average Bonchev–Trinajstić information content (AvgIpc) is 2.16. The smallest absolute Gasteiger partial charge is 0.239 e. The highest BCUT2D eigenvalue weighted by atomic mass is 16.1. The van der Waals surface area contributed by atoms with E-state index in [0.717, 1.165) is 5.69 Å². The van der Waals surface area contributed by atoms with Crippen LogP contribution in [0.15, 0.2) is 6.07 Å². The van der Waals surface area contributed by atoms with Crippen molar-refractivity contribution in [3.63, 3.8) is 0 Å². The third kappa shape index (κ3) is 3.08. The van der Waals surface area contributed by atoms with Crippen molar-refractivity contribution in [1.29, 1.82) is 0 Å². The number of anilines is 2. The second kappa shape index (κ2) is 4.59. The van der Waals surface area contributed by atoms with Crippen LogP contribution in [-0.2, 0) is 4.79 Å². The minimum atomic E-state index is -0.0765. The van der Waals surface area contributed by atoms with Gasteiger partial charge in [-0.2, -0.15) is 4.98 Å². The van der Waals surface area contributed by atoms with Gasteiger partial charge in [0, 0.05) is 25.9 Å². The molecule has 0 aliphatic rings. The van der Waals surface area contributed by atoms with E-state index < -0.39 is 0 Å². The van der Waals surface area contributed by atoms with Crippen LogP contribution in [0.5, 0.6) is 0 Å². The van der Waals surface area contributed by atoms with E-state index in [4.69, 9.17) is 5.73 Å². The molecule has 0 aliphatic heterocycles. The molecule has 0 atom stereocenters. The third-order valence-corrected chi connectivity index (χ3v) is 1.91. The maximum Gasteiger partial charge on any atom is 0.239 e. The zero-order valence-electron chi connectivity index (χ0n) is 9.11. The molecule has 6 nitrogen and oxygen atoms in total. The minimum Gasteiger partial charge on any atom is -0.368 e. The monoisotopic (exact) mass is 209 g/mol. The van der Waals surface area contributed by atoms with Crippen molar-refractivity contribution >= 4 is 17.7 Å². The van der Waals surface area contributed by atoms with Gasteiger partial charge in [-0.25, -0.2) is 4.98 Å². The number of aromatic nitrogens is 2. The quantitative estimate of drug-likeness (QED) is 0.704. The molecule has 0 radical (unpaired) electrons. The molecule has 0 aromatic carbocycles. The van der Waals surface area contributed by atoms with Crippen molar-refractivity contribution in [3.05, 3.63) is 11.8 Å². The Hall–Kier alpha value is -1.85. The molecule has 0 saturated carbocycles. The van der Waals surface area contributed by atoms with Crippen molar-refractivity contribution in [2.75, 3.05) is 31.3 Å². The zero-order valence-corrected chi connectivity index (χ0v) is 9.11. The first-order valence-corrected chi connectivity index (χ1v) is 4.56. The van der Waals surface area contributed by atoms with Gasteiger partial charge in [0.2, 0.25) is 11.9 Å². The van der Waals surface area contributed by atoms with Crippen LogP contribution in [0.2, 0.25) is 0 Å². The number of rotatable bonds is 3. The highest BCUT2D eigenvalue weighted by Crippen LogP contribution is 2.10. The normalized spacial score (nSPS) is 9.80. The lowest BCUT2D eigenvalue weighted by Gasteiger charge is -2.17. The average molecular weight is 209 g/mol. The molecule has 82 valence electrons. The van der Waals surface area contributed by atoms with Crippen LogP contribution in [0.25, 0.3) is 0 Å². The number of nitrogens with zero attached hydrogens (tertiary/aromatic N) is 3. The van der Waals surface area contributed by atoms with Gasteiger partial charge >= 0.3 is 0 Å². The van der Waals surface area contributed by atoms with Gasteiger partial charge in [-0.3, -0.25) is 4.79 Å². The summed E-state index contributed by atoms with van der Waals surface area (Å²) in [6.45, 7) is 2.07. The van der Waals surface area contributed by atoms with Crippen LogP contribution in [0, 0.1) is 6.92 Å². The summed E-state index contributed by atoms with van der Waals surface area (Å²) < 4.78 is 0. The number of carbonyl (C=O) groups is 1. The molecule has 0 spiro atoms. The lowest BCUT2D eigenvalue weighted by Crippen LogP contribution is -2.33. The highest BCUT2D eigenvalue weighted by molar-refractivity contribution is 5.80. The molecule has 1 rings (SSSR count). The number of amides is 1. The Labute approximate surface area is 88.5 Å². The van der Waals surface area contributed by atoms with Gasteiger partial charge < -0.3 is 16.0 Å². The standard InChI is InChI=1S/C9H15N5O/c1-6-4-7(13-9(10)12-6)14(3)5-8(15)11-2/h4H,5H2,1-3H3,(H,11,15)(H2,10,12,13). The molecule has 0 saturated heterocycles. The summed E-state index contributed by atoms with van der Waals surface area (Å²) >= 11 is 0. The molecule has 1 aromatic heterocycles. The van der Waals surface area contributed by atoms with Crippen LogP contribution < -0.4 is 16.0 Å². The predicted molar refractivity (Wildman–Crippen MR) is 58.5 cm³/mol. The maximum atomic E-state index is 11.1. The second-order valence-electron chi connectivity index (χ2n) is 3.25. The van der Waals surface area contributed by atoms with E-state index in [2.05, 4.69) is 15.3 Å². The summed E-state index contributed by atoms with van der Waals surface area (Å²) in [7, 11) is 3.37. The van der Waals surface area contributed by atoms with Crippen molar-refractivity contribution in [2.45, 2.75) is 6.92 Å². The van der Waals surface area contributed by atoms with Gasteiger partial charge in [0.25, 0.3) is 0 Å². The molecule has 0 aliphatic carbocycles. The largest absolute Gasteiger partial charge is 0.368 e. The summed E-state index contributed by atoms with van der Waals surface area (Å²) in [6, 6.07) is 1.78. The third-order valence-electron chi connectivity index (χ3n) is 1.91. The number of hydrogen-bond donors (Lipinski definition) is 2. The SMILES string of the molecule is CNC(=O)CN(C)c1cc(C)nc(N)n1. The Morgan fingerprint density at radius 3 is 2.80 bits per heavy atom. The number of carbonyl (C=O) groups excluding carboxylic acids is 1. The zero-order chi connectivity index (χ0) is 11.4. The van der Waals surface area contributed by atoms with Gasteiger partial charge in [-0.15, -0.1) is 0 Å². The van der Waals surface area contributed by atoms with E-state index in [1.807, 2.05) is 6.92 Å². The van der Waals surface area contributed by atoms with Crippen molar-refractivity contribution < 1.29 is 4.79 Å². The minimum absolute atomic E-state index is 0.0765. The first kappa shape index (κ1) is 11.2. The Morgan fingerprint density at radius 1 is 1.60 bits per heavy atom. The molecule has 0 unspecified atom stereocenters. The summed E-state index contributed by atoms with van der Waals surface area (Å²) in [5, 5.41) is 2.54. The van der Waals surface area contributed by atoms with Gasteiger partial charge in [0.05, 0.1) is 6.54 Å². The fourth-order valence-electron chi connectivity index (χ4n) is 1.15. The molecular weight excluding hydrogens is 194 g/mol. The van der Waals surface area contributed by atoms with Crippen LogP contribution in [-0.4, -0.2) is 36.5 Å². The first-order valence-electron chi connectivity index (χ1n) is 4.56. The lowest BCUT2D eigenvalue weighted by molar-refractivity contribution is -0.119. The predicted octanol–water partition coefficient (Wildman–Crippen LogP) is -0.451.